The number of rotatable bonds is 18. The van der Waals surface area contributed by atoms with Crippen molar-refractivity contribution in [3.63, 3.8) is 0 Å². The molecule has 7 N–H and O–H groups in total. The van der Waals surface area contributed by atoms with Gasteiger partial charge in [0, 0.05) is 48.0 Å². The average molecular weight is 949 g/mol. The van der Waals surface area contributed by atoms with Gasteiger partial charge in [0.05, 0.1) is 54.7 Å². The van der Waals surface area contributed by atoms with E-state index in [-0.39, 0.29) is 61.9 Å². The van der Waals surface area contributed by atoms with Crippen molar-refractivity contribution in [1.82, 2.24) is 41.0 Å². The number of hydrogen-bond donors (Lipinski definition) is 7. The van der Waals surface area contributed by atoms with Gasteiger partial charge < -0.3 is 51.0 Å². The molecule has 1 aliphatic carbocycles. The smallest absolute Gasteiger partial charge is 0.343 e. The molecule has 0 bridgehead atoms. The van der Waals surface area contributed by atoms with E-state index in [1.165, 1.54) is 27.7 Å². The summed E-state index contributed by atoms with van der Waals surface area (Å²) in [5.74, 6) is -4.57. The van der Waals surface area contributed by atoms with Crippen molar-refractivity contribution in [3.05, 3.63) is 110 Å². The topological polar surface area (TPSA) is 267 Å². The largest absolute Gasteiger partial charge is 0.458 e. The van der Waals surface area contributed by atoms with E-state index < -0.39 is 78.0 Å². The summed E-state index contributed by atoms with van der Waals surface area (Å²) >= 11 is 0. The summed E-state index contributed by atoms with van der Waals surface area (Å²) in [6.07, 6.45) is 4.33. The number of nitrogens with zero attached hydrogens (tertiary/aromatic N) is 3. The third-order valence-electron chi connectivity index (χ3n) is 13.3. The quantitative estimate of drug-likeness (QED) is 0.0479. The van der Waals surface area contributed by atoms with Gasteiger partial charge in [-0.2, -0.15) is 0 Å². The first-order valence-electron chi connectivity index (χ1n) is 23.0. The van der Waals surface area contributed by atoms with Crippen molar-refractivity contribution in [3.8, 4) is 11.4 Å². The van der Waals surface area contributed by atoms with Crippen LogP contribution in [0.1, 0.15) is 90.4 Å². The van der Waals surface area contributed by atoms with E-state index >= 15 is 4.39 Å². The number of fused-ring (bicyclic) bond motifs is 5. The fourth-order valence-electron chi connectivity index (χ4n) is 9.53. The van der Waals surface area contributed by atoms with Gasteiger partial charge in [-0.3, -0.25) is 33.6 Å². The molecule has 3 aliphatic heterocycles. The van der Waals surface area contributed by atoms with Gasteiger partial charge in [0.1, 0.15) is 24.7 Å². The van der Waals surface area contributed by atoms with Crippen LogP contribution in [-0.2, 0) is 69.9 Å². The standard InChI is InChI=1S/C49H53FN8O11/c1-3-49(68)31-19-36-45-29(24-58(36)47(66)30(31)25-69-48(49)67)44-33(14-13-28-26(2)32(50)20-34(56-45)43(28)44)54-40(62)23-53-46(65)35(18-27-10-6-4-7-11-27)55-39(61)22-52-38(60)21-51-37(59)12-8-5-9-17-57-41(63)15-16-42(57)64/h4,6-7,10-11,15-16,19-20,33,35,41,63,68H,3,5,8-9,12-14,17-18,21-25H2,1-2H3,(H,51,59)(H,52,60)(H,53,65)(H,54,62)(H,55,61)/t33-,35-,41?,49-/m0/s1. The summed E-state index contributed by atoms with van der Waals surface area (Å²) in [6.45, 7) is 1.95. The molecule has 4 atom stereocenters. The van der Waals surface area contributed by atoms with E-state index in [1.54, 1.807) is 50.2 Å². The van der Waals surface area contributed by atoms with E-state index in [1.807, 2.05) is 0 Å². The van der Waals surface area contributed by atoms with Gasteiger partial charge in [-0.05, 0) is 73.4 Å². The van der Waals surface area contributed by atoms with Gasteiger partial charge in [-0.1, -0.05) is 43.7 Å². The number of aryl methyl sites for hydroxylation is 1. The SMILES string of the molecule is CC[C@@]1(O)C(=O)OCc2c1cc1n(c2=O)Cc2c-1nc1cc(F)c(C)c3c1c2[C@@H](NC(=O)CNC(=O)[C@H](Cc1ccccc1)NC(=O)CNC(=O)CNC(=O)CCCCCN1C(=O)C=CC1O)CC3. The minimum Gasteiger partial charge on any atom is -0.458 e. The number of aliphatic hydroxyl groups is 2. The molecule has 0 radical (unpaired) electrons. The molecular formula is C49H53FN8O11. The van der Waals surface area contributed by atoms with Crippen LogP contribution in [-0.4, -0.2) is 105 Å². The van der Waals surface area contributed by atoms with Crippen LogP contribution >= 0.6 is 0 Å². The Morgan fingerprint density at radius 2 is 1.67 bits per heavy atom. The number of aromatic nitrogens is 2. The van der Waals surface area contributed by atoms with Gasteiger partial charge in [0.15, 0.2) is 5.60 Å². The first kappa shape index (κ1) is 48.1. The highest BCUT2D eigenvalue weighted by Crippen LogP contribution is 2.46. The molecule has 2 aromatic heterocycles. The number of amides is 6. The Balaban J connectivity index is 0.898. The lowest BCUT2D eigenvalue weighted by Gasteiger charge is -2.31. The van der Waals surface area contributed by atoms with Crippen molar-refractivity contribution < 1.29 is 52.9 Å². The summed E-state index contributed by atoms with van der Waals surface area (Å²) in [6, 6.07) is 9.90. The Morgan fingerprint density at radius 1 is 0.928 bits per heavy atom. The Bertz CT molecular complexity index is 2870. The van der Waals surface area contributed by atoms with E-state index in [4.69, 9.17) is 9.72 Å². The number of aliphatic hydroxyl groups excluding tert-OH is 1. The zero-order chi connectivity index (χ0) is 49.1. The second-order valence-corrected chi connectivity index (χ2v) is 17.7. The molecule has 0 saturated heterocycles. The van der Waals surface area contributed by atoms with Crippen LogP contribution in [0.4, 0.5) is 4.39 Å². The molecule has 69 heavy (non-hydrogen) atoms. The van der Waals surface area contributed by atoms with Gasteiger partial charge in [0.2, 0.25) is 35.4 Å². The molecule has 0 fully saturated rings. The molecule has 362 valence electrons. The van der Waals surface area contributed by atoms with E-state index in [2.05, 4.69) is 26.6 Å². The Hall–Kier alpha value is -7.32. The number of cyclic esters (lactones) is 1. The number of ether oxygens (including phenoxy) is 1. The molecule has 4 aromatic rings. The van der Waals surface area contributed by atoms with Crippen molar-refractivity contribution in [2.24, 2.45) is 0 Å². The summed E-state index contributed by atoms with van der Waals surface area (Å²) in [7, 11) is 0. The van der Waals surface area contributed by atoms with Gasteiger partial charge in [0.25, 0.3) is 5.56 Å². The van der Waals surface area contributed by atoms with Crippen molar-refractivity contribution in [2.75, 3.05) is 26.2 Å². The maximum absolute atomic E-state index is 15.4. The first-order valence-corrected chi connectivity index (χ1v) is 23.0. The van der Waals surface area contributed by atoms with Crippen LogP contribution in [0, 0.1) is 12.7 Å². The van der Waals surface area contributed by atoms with Crippen LogP contribution in [0.25, 0.3) is 22.3 Å². The highest BCUT2D eigenvalue weighted by molar-refractivity contribution is 5.96. The molecule has 0 spiro atoms. The fraction of sp³-hybridized carbons (Fsp3) is 0.408. The number of nitrogens with one attached hydrogen (secondary N) is 5. The monoisotopic (exact) mass is 948 g/mol. The maximum atomic E-state index is 15.4. The minimum absolute atomic E-state index is 0.0409. The van der Waals surface area contributed by atoms with E-state index in [0.29, 0.717) is 88.8 Å². The van der Waals surface area contributed by atoms with E-state index in [0.717, 1.165) is 0 Å². The third kappa shape index (κ3) is 9.85. The molecule has 2 aromatic carbocycles. The second-order valence-electron chi connectivity index (χ2n) is 17.7. The number of carbonyl (C=O) groups excluding carboxylic acids is 7. The van der Waals surface area contributed by atoms with Gasteiger partial charge >= 0.3 is 5.97 Å². The zero-order valence-corrected chi connectivity index (χ0v) is 38.1. The van der Waals surface area contributed by atoms with Crippen LogP contribution < -0.4 is 32.1 Å². The number of benzene rings is 2. The molecule has 4 aliphatic rings. The highest BCUT2D eigenvalue weighted by Gasteiger charge is 2.46. The number of carbonyl (C=O) groups is 7. The Morgan fingerprint density at radius 3 is 2.41 bits per heavy atom. The predicted molar refractivity (Wildman–Crippen MR) is 245 cm³/mol. The van der Waals surface area contributed by atoms with Crippen LogP contribution in [0.2, 0.25) is 0 Å². The lowest BCUT2D eigenvalue weighted by molar-refractivity contribution is -0.172. The summed E-state index contributed by atoms with van der Waals surface area (Å²) < 4.78 is 22.1. The lowest BCUT2D eigenvalue weighted by Crippen LogP contribution is -2.52. The van der Waals surface area contributed by atoms with Crippen LogP contribution in [0.5, 0.6) is 0 Å². The lowest BCUT2D eigenvalue weighted by atomic mass is 9.81. The Kier molecular flexibility index (Phi) is 14.0. The van der Waals surface area contributed by atoms with Gasteiger partial charge in [-0.15, -0.1) is 0 Å². The second kappa shape index (κ2) is 20.1. The zero-order valence-electron chi connectivity index (χ0n) is 38.1. The summed E-state index contributed by atoms with van der Waals surface area (Å²) in [5, 5.41) is 35.0. The van der Waals surface area contributed by atoms with Crippen LogP contribution in [0.15, 0.2) is 59.4 Å². The highest BCUT2D eigenvalue weighted by atomic mass is 19.1. The average Bonchev–Trinajstić information content (AvgIpc) is 3.87. The van der Waals surface area contributed by atoms with Crippen molar-refractivity contribution in [1.29, 1.82) is 0 Å². The van der Waals surface area contributed by atoms with Crippen LogP contribution in [0.3, 0.4) is 0 Å². The third-order valence-corrected chi connectivity index (χ3v) is 13.3. The van der Waals surface area contributed by atoms with Crippen molar-refractivity contribution in [2.45, 2.75) is 102 Å². The van der Waals surface area contributed by atoms with Crippen molar-refractivity contribution >= 4 is 52.3 Å². The number of esters is 1. The normalized spacial score (nSPS) is 19.0. The number of hydrogen-bond acceptors (Lipinski definition) is 12. The summed E-state index contributed by atoms with van der Waals surface area (Å²) in [5.41, 5.74) is 1.79. The molecular weight excluding hydrogens is 896 g/mol. The molecule has 19 nitrogen and oxygen atoms in total. The molecule has 8 rings (SSSR count). The van der Waals surface area contributed by atoms with E-state index in [9.17, 15) is 48.6 Å². The maximum Gasteiger partial charge on any atom is 0.343 e. The number of halogens is 1. The predicted octanol–water partition coefficient (Wildman–Crippen LogP) is 0.984. The fourth-order valence-corrected chi connectivity index (χ4v) is 9.53. The first-order chi connectivity index (χ1) is 33.1. The van der Waals surface area contributed by atoms with Gasteiger partial charge in [-0.25, -0.2) is 14.2 Å². The Labute approximate surface area is 394 Å². The molecule has 1 unspecified atom stereocenters. The number of pyridine rings is 2. The number of unbranched alkanes of at least 4 members (excludes halogenated alkanes) is 2. The molecule has 0 saturated carbocycles. The summed E-state index contributed by atoms with van der Waals surface area (Å²) in [4.78, 5) is 110. The molecule has 5 heterocycles. The minimum atomic E-state index is -2.06. The molecule has 6 amide bonds. The molecule has 20 heteroatoms.